The fourth-order valence-electron chi connectivity index (χ4n) is 1.32. The van der Waals surface area contributed by atoms with Crippen molar-refractivity contribution in [2.75, 3.05) is 5.75 Å². The van der Waals surface area contributed by atoms with Crippen molar-refractivity contribution in [2.24, 2.45) is 0 Å². The summed E-state index contributed by atoms with van der Waals surface area (Å²) in [7, 11) is -3.20. The summed E-state index contributed by atoms with van der Waals surface area (Å²) in [6, 6.07) is 5.56. The Bertz CT molecular complexity index is 460. The maximum absolute atomic E-state index is 12.7. The van der Waals surface area contributed by atoms with E-state index in [-0.39, 0.29) is 11.6 Å². The Labute approximate surface area is 95.7 Å². The molecule has 0 saturated carbocycles. The van der Waals surface area contributed by atoms with Gasteiger partial charge in [-0.3, -0.25) is 0 Å². The van der Waals surface area contributed by atoms with Gasteiger partial charge in [0, 0.05) is 0 Å². The smallest absolute Gasteiger partial charge is 0.160 e. The number of hydrogen-bond acceptors (Lipinski definition) is 2. The van der Waals surface area contributed by atoms with Crippen LogP contribution in [0.1, 0.15) is 24.7 Å². The van der Waals surface area contributed by atoms with Crippen LogP contribution in [0.2, 0.25) is 0 Å². The van der Waals surface area contributed by atoms with Crippen LogP contribution >= 0.6 is 0 Å². The predicted molar refractivity (Wildman–Crippen MR) is 63.4 cm³/mol. The maximum Gasteiger partial charge on any atom is 0.160 e. The second-order valence-electron chi connectivity index (χ2n) is 3.59. The van der Waals surface area contributed by atoms with Crippen molar-refractivity contribution in [1.29, 1.82) is 0 Å². The Balaban J connectivity index is 2.93. The van der Waals surface area contributed by atoms with Crippen LogP contribution in [0.5, 0.6) is 0 Å². The van der Waals surface area contributed by atoms with Crippen LogP contribution in [0.15, 0.2) is 36.4 Å². The van der Waals surface area contributed by atoms with E-state index in [1.807, 2.05) is 0 Å². The molecule has 0 saturated heterocycles. The molecule has 0 radical (unpaired) electrons. The highest BCUT2D eigenvalue weighted by Crippen LogP contribution is 2.22. The van der Waals surface area contributed by atoms with Gasteiger partial charge in [0.15, 0.2) is 9.84 Å². The highest BCUT2D eigenvalue weighted by Gasteiger charge is 2.20. The average molecular weight is 242 g/mol. The van der Waals surface area contributed by atoms with Gasteiger partial charge in [-0.1, -0.05) is 24.3 Å². The van der Waals surface area contributed by atoms with Gasteiger partial charge < -0.3 is 0 Å². The number of halogens is 1. The molecule has 0 spiro atoms. The van der Waals surface area contributed by atoms with Gasteiger partial charge >= 0.3 is 0 Å². The van der Waals surface area contributed by atoms with Crippen molar-refractivity contribution >= 4 is 9.84 Å². The molecule has 0 fully saturated rings. The standard InChI is InChI=1S/C12H15FO2S/c1-3-4-9-16(14,15)10(2)11-5-7-12(13)8-6-11/h3-8,10H,9H2,1-2H3/b4-3+. The molecule has 1 atom stereocenters. The molecule has 16 heavy (non-hydrogen) atoms. The zero-order valence-corrected chi connectivity index (χ0v) is 10.2. The first-order valence-corrected chi connectivity index (χ1v) is 6.77. The van der Waals surface area contributed by atoms with Crippen LogP contribution in [0.3, 0.4) is 0 Å². The highest BCUT2D eigenvalue weighted by molar-refractivity contribution is 7.91. The second-order valence-corrected chi connectivity index (χ2v) is 5.96. The Hall–Kier alpha value is -1.16. The first-order chi connectivity index (χ1) is 7.47. The normalized spacial score (nSPS) is 14.2. The fourth-order valence-corrected chi connectivity index (χ4v) is 2.64. The van der Waals surface area contributed by atoms with E-state index in [4.69, 9.17) is 0 Å². The summed E-state index contributed by atoms with van der Waals surface area (Å²) in [5, 5.41) is -0.607. The number of hydrogen-bond donors (Lipinski definition) is 0. The first kappa shape index (κ1) is 12.9. The van der Waals surface area contributed by atoms with Crippen molar-refractivity contribution < 1.29 is 12.8 Å². The summed E-state index contributed by atoms with van der Waals surface area (Å²) in [5.41, 5.74) is 0.617. The third-order valence-electron chi connectivity index (χ3n) is 2.44. The minimum absolute atomic E-state index is 0.0159. The maximum atomic E-state index is 12.7. The van der Waals surface area contributed by atoms with E-state index >= 15 is 0 Å². The molecule has 0 heterocycles. The summed E-state index contributed by atoms with van der Waals surface area (Å²) in [6.45, 7) is 3.39. The van der Waals surface area contributed by atoms with Crippen molar-refractivity contribution in [3.8, 4) is 0 Å². The van der Waals surface area contributed by atoms with Crippen molar-refractivity contribution in [2.45, 2.75) is 19.1 Å². The van der Waals surface area contributed by atoms with Crippen LogP contribution in [-0.2, 0) is 9.84 Å². The van der Waals surface area contributed by atoms with Crippen LogP contribution < -0.4 is 0 Å². The Kier molecular flexibility index (Phi) is 4.24. The Morgan fingerprint density at radius 1 is 1.31 bits per heavy atom. The fraction of sp³-hybridized carbons (Fsp3) is 0.333. The monoisotopic (exact) mass is 242 g/mol. The summed E-state index contributed by atoms with van der Waals surface area (Å²) in [6.07, 6.45) is 3.31. The van der Waals surface area contributed by atoms with E-state index in [1.165, 1.54) is 24.3 Å². The van der Waals surface area contributed by atoms with Gasteiger partial charge in [-0.05, 0) is 31.5 Å². The van der Waals surface area contributed by atoms with Gasteiger partial charge in [0.25, 0.3) is 0 Å². The van der Waals surface area contributed by atoms with E-state index in [0.29, 0.717) is 5.56 Å². The molecule has 1 unspecified atom stereocenters. The van der Waals surface area contributed by atoms with Gasteiger partial charge in [0.1, 0.15) is 5.82 Å². The third-order valence-corrected chi connectivity index (χ3v) is 4.45. The molecule has 0 aromatic heterocycles. The van der Waals surface area contributed by atoms with Gasteiger partial charge in [-0.15, -0.1) is 0 Å². The molecule has 4 heteroatoms. The minimum atomic E-state index is -3.20. The molecular formula is C12H15FO2S. The zero-order chi connectivity index (χ0) is 12.2. The van der Waals surface area contributed by atoms with E-state index in [2.05, 4.69) is 0 Å². The molecule has 0 N–H and O–H groups in total. The molecular weight excluding hydrogens is 227 g/mol. The average Bonchev–Trinajstić information content (AvgIpc) is 2.26. The van der Waals surface area contributed by atoms with E-state index in [0.717, 1.165) is 0 Å². The van der Waals surface area contributed by atoms with E-state index in [9.17, 15) is 12.8 Å². The van der Waals surface area contributed by atoms with Crippen molar-refractivity contribution in [1.82, 2.24) is 0 Å². The molecule has 88 valence electrons. The van der Waals surface area contributed by atoms with Gasteiger partial charge in [-0.2, -0.15) is 0 Å². The molecule has 2 nitrogen and oxygen atoms in total. The summed E-state index contributed by atoms with van der Waals surface area (Å²) in [5.74, 6) is -0.344. The largest absolute Gasteiger partial charge is 0.228 e. The van der Waals surface area contributed by atoms with Crippen LogP contribution in [-0.4, -0.2) is 14.2 Å². The van der Waals surface area contributed by atoms with Crippen LogP contribution in [0.25, 0.3) is 0 Å². The SMILES string of the molecule is C/C=C/CS(=O)(=O)C(C)c1ccc(F)cc1. The Morgan fingerprint density at radius 2 is 1.88 bits per heavy atom. The van der Waals surface area contributed by atoms with Crippen molar-refractivity contribution in [3.63, 3.8) is 0 Å². The highest BCUT2D eigenvalue weighted by atomic mass is 32.2. The number of allylic oxidation sites excluding steroid dienone is 1. The molecule has 1 aromatic carbocycles. The number of rotatable bonds is 4. The molecule has 0 amide bonds. The van der Waals surface area contributed by atoms with Gasteiger partial charge in [0.05, 0.1) is 11.0 Å². The Morgan fingerprint density at radius 3 is 2.38 bits per heavy atom. The molecule has 0 aliphatic rings. The number of sulfone groups is 1. The van der Waals surface area contributed by atoms with Gasteiger partial charge in [0.2, 0.25) is 0 Å². The summed E-state index contributed by atoms with van der Waals surface area (Å²) < 4.78 is 36.3. The van der Waals surface area contributed by atoms with E-state index < -0.39 is 15.1 Å². The van der Waals surface area contributed by atoms with Crippen LogP contribution in [0.4, 0.5) is 4.39 Å². The quantitative estimate of drug-likeness (QED) is 0.761. The molecule has 1 aromatic rings. The summed E-state index contributed by atoms with van der Waals surface area (Å²) >= 11 is 0. The van der Waals surface area contributed by atoms with E-state index in [1.54, 1.807) is 26.0 Å². The lowest BCUT2D eigenvalue weighted by atomic mass is 10.2. The summed E-state index contributed by atoms with van der Waals surface area (Å²) in [4.78, 5) is 0. The lowest BCUT2D eigenvalue weighted by molar-refractivity contribution is 0.588. The first-order valence-electron chi connectivity index (χ1n) is 5.05. The minimum Gasteiger partial charge on any atom is -0.228 e. The second kappa shape index (κ2) is 5.25. The lowest BCUT2D eigenvalue weighted by Gasteiger charge is -2.11. The third kappa shape index (κ3) is 3.17. The molecule has 0 aliphatic heterocycles. The zero-order valence-electron chi connectivity index (χ0n) is 9.35. The van der Waals surface area contributed by atoms with Gasteiger partial charge in [-0.25, -0.2) is 12.8 Å². The topological polar surface area (TPSA) is 34.1 Å². The lowest BCUT2D eigenvalue weighted by Crippen LogP contribution is -2.13. The molecule has 1 rings (SSSR count). The predicted octanol–water partition coefficient (Wildman–Crippen LogP) is 2.88. The molecule has 0 bridgehead atoms. The van der Waals surface area contributed by atoms with Crippen LogP contribution in [0, 0.1) is 5.82 Å². The number of benzene rings is 1. The molecule has 0 aliphatic carbocycles. The van der Waals surface area contributed by atoms with Crippen molar-refractivity contribution in [3.05, 3.63) is 47.8 Å².